The minimum Gasteiger partial charge on any atom is -0.369 e. The topological polar surface area (TPSA) is 60.9 Å². The predicted octanol–water partition coefficient (Wildman–Crippen LogP) is 2.28. The van der Waals surface area contributed by atoms with Gasteiger partial charge < -0.3 is 4.90 Å². The Labute approximate surface area is 124 Å². The number of benzene rings is 1. The van der Waals surface area contributed by atoms with E-state index in [1.54, 1.807) is 4.90 Å². The molecule has 1 aliphatic rings. The lowest BCUT2D eigenvalue weighted by atomic mass is 10.1. The molecular weight excluding hydrogens is 333 g/mol. The number of hydrogen-bond donors (Lipinski definition) is 1. The van der Waals surface area contributed by atoms with Gasteiger partial charge >= 0.3 is 16.5 Å². The van der Waals surface area contributed by atoms with Crippen molar-refractivity contribution in [3.05, 3.63) is 28.8 Å². The smallest absolute Gasteiger partial charge is 0.369 e. The molecule has 1 heterocycles. The number of anilines is 1. The van der Waals surface area contributed by atoms with Crippen molar-refractivity contribution in [1.29, 1.82) is 0 Å². The second-order valence-corrected chi connectivity index (χ2v) is 6.35. The highest BCUT2D eigenvalue weighted by Crippen LogP contribution is 2.37. The normalized spacial score (nSPS) is 18.0. The number of nitrogens with zero attached hydrogens (tertiary/aromatic N) is 2. The van der Waals surface area contributed by atoms with Crippen LogP contribution in [0, 0.1) is 0 Å². The van der Waals surface area contributed by atoms with Gasteiger partial charge in [0.2, 0.25) is 0 Å². The Morgan fingerprint density at radius 3 is 2.19 bits per heavy atom. The molecule has 5 nitrogen and oxygen atoms in total. The molecule has 2 rings (SSSR count). The van der Waals surface area contributed by atoms with Gasteiger partial charge in [0.25, 0.3) is 0 Å². The van der Waals surface area contributed by atoms with Crippen LogP contribution in [0.25, 0.3) is 0 Å². The van der Waals surface area contributed by atoms with Crippen molar-refractivity contribution >= 4 is 27.6 Å². The van der Waals surface area contributed by atoms with Crippen molar-refractivity contribution in [2.45, 2.75) is 6.18 Å². The standard InChI is InChI=1S/C11H12ClF3N2O3S/c12-10-2-1-8(7-9(10)11(13,14)15)16-3-5-17(6-4-16)21(18,19)20/h1-2,7H,3-6H2,(H,18,19,20). The van der Waals surface area contributed by atoms with E-state index in [9.17, 15) is 21.6 Å². The Balaban J connectivity index is 2.18. The molecule has 118 valence electrons. The lowest BCUT2D eigenvalue weighted by Gasteiger charge is -2.34. The highest BCUT2D eigenvalue weighted by atomic mass is 35.5. The second-order valence-electron chi connectivity index (χ2n) is 4.53. The quantitative estimate of drug-likeness (QED) is 0.836. The molecule has 10 heteroatoms. The summed E-state index contributed by atoms with van der Waals surface area (Å²) in [5.74, 6) is 0. The van der Waals surface area contributed by atoms with E-state index in [0.29, 0.717) is 5.69 Å². The van der Waals surface area contributed by atoms with E-state index in [2.05, 4.69) is 0 Å². The minimum atomic E-state index is -4.55. The van der Waals surface area contributed by atoms with E-state index < -0.39 is 22.0 Å². The molecule has 0 aliphatic carbocycles. The number of piperazine rings is 1. The summed E-state index contributed by atoms with van der Waals surface area (Å²) in [6.07, 6.45) is -4.55. The Morgan fingerprint density at radius 2 is 1.71 bits per heavy atom. The highest BCUT2D eigenvalue weighted by Gasteiger charge is 2.34. The molecule has 0 radical (unpaired) electrons. The van der Waals surface area contributed by atoms with Gasteiger partial charge in [-0.15, -0.1) is 0 Å². The van der Waals surface area contributed by atoms with Crippen LogP contribution >= 0.6 is 11.6 Å². The molecule has 0 amide bonds. The predicted molar refractivity (Wildman–Crippen MR) is 71.8 cm³/mol. The third-order valence-electron chi connectivity index (χ3n) is 3.19. The molecule has 0 unspecified atom stereocenters. The van der Waals surface area contributed by atoms with Gasteiger partial charge in [-0.25, -0.2) is 0 Å². The van der Waals surface area contributed by atoms with Crippen LogP contribution in [-0.4, -0.2) is 43.5 Å². The SMILES string of the molecule is O=S(=O)(O)N1CCN(c2ccc(Cl)c(C(F)(F)F)c2)CC1. The summed E-state index contributed by atoms with van der Waals surface area (Å²) >= 11 is 5.54. The van der Waals surface area contributed by atoms with Crippen molar-refractivity contribution < 1.29 is 26.1 Å². The fourth-order valence-corrected chi connectivity index (χ4v) is 2.95. The van der Waals surface area contributed by atoms with Crippen LogP contribution in [-0.2, 0) is 16.5 Å². The summed E-state index contributed by atoms with van der Waals surface area (Å²) in [5, 5.41) is -0.386. The molecule has 21 heavy (non-hydrogen) atoms. The van der Waals surface area contributed by atoms with Crippen LogP contribution in [0.3, 0.4) is 0 Å². The molecule has 0 atom stereocenters. The number of rotatable bonds is 2. The van der Waals surface area contributed by atoms with E-state index in [1.165, 1.54) is 6.07 Å². The average Bonchev–Trinajstić information content (AvgIpc) is 2.37. The summed E-state index contributed by atoms with van der Waals surface area (Å²) < 4.78 is 70.0. The minimum absolute atomic E-state index is 0.00279. The molecule has 0 aromatic heterocycles. The highest BCUT2D eigenvalue weighted by molar-refractivity contribution is 7.83. The first-order valence-electron chi connectivity index (χ1n) is 5.93. The van der Waals surface area contributed by atoms with Gasteiger partial charge in [-0.1, -0.05) is 11.6 Å². The molecular formula is C11H12ClF3N2O3S. The molecule has 0 spiro atoms. The lowest BCUT2D eigenvalue weighted by molar-refractivity contribution is -0.137. The summed E-state index contributed by atoms with van der Waals surface area (Å²) in [4.78, 5) is 1.60. The van der Waals surface area contributed by atoms with Gasteiger partial charge in [-0.05, 0) is 18.2 Å². The van der Waals surface area contributed by atoms with Crippen molar-refractivity contribution in [1.82, 2.24) is 4.31 Å². The first-order chi connectivity index (χ1) is 9.59. The summed E-state index contributed by atoms with van der Waals surface area (Å²) in [6.45, 7) is 0.364. The van der Waals surface area contributed by atoms with Gasteiger partial charge in [-0.2, -0.15) is 25.9 Å². The van der Waals surface area contributed by atoms with E-state index in [-0.39, 0.29) is 31.2 Å². The molecule has 1 N–H and O–H groups in total. The summed E-state index contributed by atoms with van der Waals surface area (Å²) in [5.41, 5.74) is -0.624. The number of alkyl halides is 3. The van der Waals surface area contributed by atoms with Crippen molar-refractivity contribution in [3.8, 4) is 0 Å². The zero-order valence-electron chi connectivity index (χ0n) is 10.6. The maximum Gasteiger partial charge on any atom is 0.417 e. The maximum atomic E-state index is 12.8. The molecule has 1 fully saturated rings. The molecule has 0 bridgehead atoms. The monoisotopic (exact) mass is 344 g/mol. The molecule has 0 saturated carbocycles. The second kappa shape index (κ2) is 5.64. The van der Waals surface area contributed by atoms with Crippen molar-refractivity contribution in [2.75, 3.05) is 31.1 Å². The third kappa shape index (κ3) is 3.79. The van der Waals surface area contributed by atoms with Gasteiger partial charge in [0.05, 0.1) is 10.6 Å². The fourth-order valence-electron chi connectivity index (χ4n) is 2.10. The molecule has 1 saturated heterocycles. The number of hydrogen-bond acceptors (Lipinski definition) is 3. The van der Waals surface area contributed by atoms with Gasteiger partial charge in [-0.3, -0.25) is 4.55 Å². The zero-order valence-corrected chi connectivity index (χ0v) is 12.2. The third-order valence-corrected chi connectivity index (χ3v) is 4.53. The van der Waals surface area contributed by atoms with E-state index >= 15 is 0 Å². The number of halogens is 4. The van der Waals surface area contributed by atoms with Gasteiger partial charge in [0.1, 0.15) is 0 Å². The van der Waals surface area contributed by atoms with Crippen LogP contribution in [0.1, 0.15) is 5.56 Å². The van der Waals surface area contributed by atoms with Crippen molar-refractivity contribution in [3.63, 3.8) is 0 Å². The Morgan fingerprint density at radius 1 is 1.14 bits per heavy atom. The van der Waals surface area contributed by atoms with Gasteiger partial charge in [0, 0.05) is 31.9 Å². The largest absolute Gasteiger partial charge is 0.417 e. The Bertz CT molecular complexity index is 628. The van der Waals surface area contributed by atoms with Crippen LogP contribution in [0.2, 0.25) is 5.02 Å². The fraction of sp³-hybridized carbons (Fsp3) is 0.455. The Hall–Kier alpha value is -1.03. The Kier molecular flexibility index (Phi) is 4.39. The summed E-state index contributed by atoms with van der Waals surface area (Å²) in [6, 6.07) is 3.54. The van der Waals surface area contributed by atoms with E-state index in [4.69, 9.17) is 16.2 Å². The first-order valence-corrected chi connectivity index (χ1v) is 7.71. The molecule has 1 aromatic rings. The maximum absolute atomic E-state index is 12.8. The van der Waals surface area contributed by atoms with Crippen LogP contribution in [0.5, 0.6) is 0 Å². The average molecular weight is 345 g/mol. The zero-order chi connectivity index (χ0) is 15.8. The van der Waals surface area contributed by atoms with Crippen molar-refractivity contribution in [2.24, 2.45) is 0 Å². The van der Waals surface area contributed by atoms with Crippen LogP contribution < -0.4 is 4.90 Å². The van der Waals surface area contributed by atoms with E-state index in [0.717, 1.165) is 16.4 Å². The molecule has 1 aliphatic heterocycles. The summed E-state index contributed by atoms with van der Waals surface area (Å²) in [7, 11) is -4.26. The lowest BCUT2D eigenvalue weighted by Crippen LogP contribution is -2.48. The van der Waals surface area contributed by atoms with Gasteiger partial charge in [0.15, 0.2) is 0 Å². The molecule has 1 aromatic carbocycles. The van der Waals surface area contributed by atoms with Crippen LogP contribution in [0.4, 0.5) is 18.9 Å². The first kappa shape index (κ1) is 16.3. The van der Waals surface area contributed by atoms with E-state index in [1.807, 2.05) is 0 Å². The van der Waals surface area contributed by atoms with Crippen LogP contribution in [0.15, 0.2) is 18.2 Å².